The van der Waals surface area contributed by atoms with Crippen LogP contribution in [0.3, 0.4) is 0 Å². The van der Waals surface area contributed by atoms with Crippen LogP contribution < -0.4 is 10.7 Å². The van der Waals surface area contributed by atoms with Gasteiger partial charge in [-0.15, -0.1) is 0 Å². The molecule has 0 aliphatic heterocycles. The van der Waals surface area contributed by atoms with E-state index in [1.54, 1.807) is 30.5 Å². The number of benzene rings is 2. The van der Waals surface area contributed by atoms with E-state index in [-0.39, 0.29) is 5.97 Å². The van der Waals surface area contributed by atoms with Crippen molar-refractivity contribution in [3.63, 3.8) is 0 Å². The van der Waals surface area contributed by atoms with Crippen LogP contribution in [0.4, 0.5) is 5.69 Å². The third kappa shape index (κ3) is 4.63. The fraction of sp³-hybridized carbons (Fsp3) is 0.167. The molecule has 124 valence electrons. The zero-order chi connectivity index (χ0) is 17.5. The highest BCUT2D eigenvalue weighted by atomic mass is 32.1. The number of hydrogen-bond donors (Lipinski definition) is 2. The number of carbonyl (C=O) groups excluding carboxylic acids is 1. The number of hydrogen-bond acceptors (Lipinski definition) is 4. The molecule has 0 saturated heterocycles. The zero-order valence-corrected chi connectivity index (χ0v) is 14.6. The summed E-state index contributed by atoms with van der Waals surface area (Å²) in [7, 11) is 1.35. The lowest BCUT2D eigenvalue weighted by Crippen LogP contribution is -2.24. The highest BCUT2D eigenvalue weighted by Crippen LogP contribution is 2.19. The molecule has 0 atom stereocenters. The lowest BCUT2D eigenvalue weighted by molar-refractivity contribution is 0.0600. The van der Waals surface area contributed by atoms with E-state index in [2.05, 4.69) is 20.6 Å². The van der Waals surface area contributed by atoms with Gasteiger partial charge in [0.1, 0.15) is 0 Å². The Hall–Kier alpha value is -2.73. The number of carbonyl (C=O) groups is 1. The quantitative estimate of drug-likeness (QED) is 0.386. The van der Waals surface area contributed by atoms with E-state index >= 15 is 0 Å². The monoisotopic (exact) mass is 341 g/mol. The van der Waals surface area contributed by atoms with Crippen molar-refractivity contribution in [2.45, 2.75) is 13.8 Å². The third-order valence-electron chi connectivity index (χ3n) is 3.43. The molecule has 0 aliphatic rings. The Labute approximate surface area is 146 Å². The first kappa shape index (κ1) is 17.6. The van der Waals surface area contributed by atoms with Gasteiger partial charge in [-0.05, 0) is 54.9 Å². The molecule has 2 rings (SSSR count). The van der Waals surface area contributed by atoms with Crippen LogP contribution in [0.2, 0.25) is 0 Å². The van der Waals surface area contributed by atoms with Crippen LogP contribution in [0.25, 0.3) is 0 Å². The molecule has 0 unspecified atom stereocenters. The fourth-order valence-electron chi connectivity index (χ4n) is 2.14. The summed E-state index contributed by atoms with van der Waals surface area (Å²) in [4.78, 5) is 11.4. The van der Waals surface area contributed by atoms with E-state index in [4.69, 9.17) is 12.2 Å². The Kier molecular flexibility index (Phi) is 6.03. The summed E-state index contributed by atoms with van der Waals surface area (Å²) in [6, 6.07) is 13.0. The van der Waals surface area contributed by atoms with Crippen LogP contribution in [0.5, 0.6) is 0 Å². The summed E-state index contributed by atoms with van der Waals surface area (Å²) in [6.45, 7) is 4.04. The van der Waals surface area contributed by atoms with Crippen molar-refractivity contribution in [2.24, 2.45) is 5.10 Å². The van der Waals surface area contributed by atoms with Crippen molar-refractivity contribution in [1.29, 1.82) is 0 Å². The summed E-state index contributed by atoms with van der Waals surface area (Å²) in [5.41, 5.74) is 7.32. The summed E-state index contributed by atoms with van der Waals surface area (Å²) in [5.74, 6) is -0.365. The van der Waals surface area contributed by atoms with Crippen molar-refractivity contribution in [2.75, 3.05) is 12.4 Å². The van der Waals surface area contributed by atoms with Gasteiger partial charge in [-0.3, -0.25) is 5.43 Å². The van der Waals surface area contributed by atoms with E-state index in [9.17, 15) is 4.79 Å². The minimum absolute atomic E-state index is 0.365. The Balaban J connectivity index is 1.94. The molecule has 2 aromatic carbocycles. The highest BCUT2D eigenvalue weighted by molar-refractivity contribution is 7.80. The number of nitrogens with zero attached hydrogens (tertiary/aromatic N) is 1. The maximum Gasteiger partial charge on any atom is 0.337 e. The Morgan fingerprint density at radius 3 is 2.33 bits per heavy atom. The Morgan fingerprint density at radius 1 is 1.12 bits per heavy atom. The van der Waals surface area contributed by atoms with Gasteiger partial charge in [0.05, 0.1) is 18.9 Å². The molecule has 2 aromatic rings. The molecule has 0 saturated carbocycles. The second-order valence-corrected chi connectivity index (χ2v) is 5.61. The average Bonchev–Trinajstić information content (AvgIpc) is 2.58. The number of rotatable bonds is 4. The van der Waals surface area contributed by atoms with Crippen molar-refractivity contribution < 1.29 is 9.53 Å². The van der Waals surface area contributed by atoms with Gasteiger partial charge in [-0.2, -0.15) is 5.10 Å². The summed E-state index contributed by atoms with van der Waals surface area (Å²) in [5, 5.41) is 7.65. The predicted octanol–water partition coefficient (Wildman–Crippen LogP) is 3.41. The zero-order valence-electron chi connectivity index (χ0n) is 13.8. The topological polar surface area (TPSA) is 62.7 Å². The number of esters is 1. The number of hydrazone groups is 1. The summed E-state index contributed by atoms with van der Waals surface area (Å²) < 4.78 is 4.65. The average molecular weight is 341 g/mol. The molecule has 0 fully saturated rings. The summed E-state index contributed by atoms with van der Waals surface area (Å²) >= 11 is 5.24. The maximum atomic E-state index is 11.4. The molecule has 5 nitrogen and oxygen atoms in total. The molecule has 0 aromatic heterocycles. The predicted molar refractivity (Wildman–Crippen MR) is 101 cm³/mol. The van der Waals surface area contributed by atoms with Gasteiger partial charge >= 0.3 is 5.97 Å². The van der Waals surface area contributed by atoms with Crippen molar-refractivity contribution >= 4 is 35.2 Å². The second kappa shape index (κ2) is 8.21. The molecule has 0 radical (unpaired) electrons. The minimum atomic E-state index is -0.365. The normalized spacial score (nSPS) is 10.5. The number of para-hydroxylation sites is 1. The van der Waals surface area contributed by atoms with Crippen LogP contribution in [0.15, 0.2) is 47.6 Å². The van der Waals surface area contributed by atoms with E-state index in [0.29, 0.717) is 10.7 Å². The minimum Gasteiger partial charge on any atom is -0.465 e. The molecule has 2 N–H and O–H groups in total. The Morgan fingerprint density at radius 2 is 1.75 bits per heavy atom. The molecule has 6 heteroatoms. The van der Waals surface area contributed by atoms with Crippen LogP contribution >= 0.6 is 12.2 Å². The van der Waals surface area contributed by atoms with Gasteiger partial charge in [0.2, 0.25) is 0 Å². The number of methoxy groups -OCH3 is 1. The number of nitrogens with one attached hydrogen (secondary N) is 2. The number of thiocarbonyl (C=S) groups is 1. The van der Waals surface area contributed by atoms with Crippen molar-refractivity contribution in [3.8, 4) is 0 Å². The number of aryl methyl sites for hydroxylation is 2. The first-order valence-corrected chi connectivity index (χ1v) is 7.76. The lowest BCUT2D eigenvalue weighted by Gasteiger charge is -2.12. The second-order valence-electron chi connectivity index (χ2n) is 5.20. The highest BCUT2D eigenvalue weighted by Gasteiger charge is 2.04. The molecular weight excluding hydrogens is 322 g/mol. The number of ether oxygens (including phenoxy) is 1. The smallest absolute Gasteiger partial charge is 0.337 e. The van der Waals surface area contributed by atoms with Gasteiger partial charge in [0.25, 0.3) is 0 Å². The van der Waals surface area contributed by atoms with E-state index in [0.717, 1.165) is 22.4 Å². The standard InChI is InChI=1S/C18H19N3O2S/c1-12-5-4-6-13(2)16(12)20-18(24)21-19-11-14-7-9-15(10-8-14)17(22)23-3/h4-11H,1-3H3,(H2,20,21,24)/b19-11+. The maximum absolute atomic E-state index is 11.4. The molecule has 0 spiro atoms. The number of anilines is 1. The Bertz CT molecular complexity index is 750. The molecule has 0 aliphatic carbocycles. The van der Waals surface area contributed by atoms with Crippen molar-refractivity contribution in [1.82, 2.24) is 5.43 Å². The van der Waals surface area contributed by atoms with Crippen LogP contribution in [0.1, 0.15) is 27.0 Å². The molecule has 0 heterocycles. The van der Waals surface area contributed by atoms with Crippen LogP contribution in [0, 0.1) is 13.8 Å². The lowest BCUT2D eigenvalue weighted by atomic mass is 10.1. The molecule has 0 bridgehead atoms. The fourth-order valence-corrected chi connectivity index (χ4v) is 2.30. The first-order valence-electron chi connectivity index (χ1n) is 7.36. The molecular formula is C18H19N3O2S. The van der Waals surface area contributed by atoms with E-state index in [1.807, 2.05) is 32.0 Å². The first-order chi connectivity index (χ1) is 11.5. The SMILES string of the molecule is COC(=O)c1ccc(/C=N/NC(=S)Nc2c(C)cccc2C)cc1. The van der Waals surface area contributed by atoms with Gasteiger partial charge in [-0.1, -0.05) is 30.3 Å². The van der Waals surface area contributed by atoms with Crippen LogP contribution in [-0.2, 0) is 4.74 Å². The summed E-state index contributed by atoms with van der Waals surface area (Å²) in [6.07, 6.45) is 1.62. The van der Waals surface area contributed by atoms with Gasteiger partial charge in [0, 0.05) is 5.69 Å². The van der Waals surface area contributed by atoms with E-state index < -0.39 is 0 Å². The molecule has 0 amide bonds. The van der Waals surface area contributed by atoms with E-state index in [1.165, 1.54) is 7.11 Å². The van der Waals surface area contributed by atoms with Crippen LogP contribution in [-0.4, -0.2) is 24.4 Å². The largest absolute Gasteiger partial charge is 0.465 e. The third-order valence-corrected chi connectivity index (χ3v) is 3.62. The van der Waals surface area contributed by atoms with Gasteiger partial charge < -0.3 is 10.1 Å². The van der Waals surface area contributed by atoms with Gasteiger partial charge in [0.15, 0.2) is 5.11 Å². The van der Waals surface area contributed by atoms with Gasteiger partial charge in [-0.25, -0.2) is 4.79 Å². The van der Waals surface area contributed by atoms with Crippen molar-refractivity contribution in [3.05, 3.63) is 64.7 Å². The molecule has 24 heavy (non-hydrogen) atoms.